The summed E-state index contributed by atoms with van der Waals surface area (Å²) < 4.78 is 10.8. The molecule has 0 unspecified atom stereocenters. The lowest BCUT2D eigenvalue weighted by atomic mass is 10.3. The van der Waals surface area contributed by atoms with Gasteiger partial charge in [-0.15, -0.1) is 10.2 Å². The minimum atomic E-state index is -0.196. The van der Waals surface area contributed by atoms with Crippen molar-refractivity contribution in [3.8, 4) is 5.75 Å². The number of nitrogens with zero attached hydrogens (tertiary/aromatic N) is 3. The number of anilines is 3. The molecule has 2 N–H and O–H groups in total. The van der Waals surface area contributed by atoms with Gasteiger partial charge in [0.1, 0.15) is 5.75 Å². The van der Waals surface area contributed by atoms with Crippen LogP contribution in [0.3, 0.4) is 0 Å². The normalized spacial score (nSPS) is 10.5. The third-order valence-electron chi connectivity index (χ3n) is 2.94. The van der Waals surface area contributed by atoms with E-state index in [1.807, 2.05) is 24.3 Å². The molecule has 1 aromatic carbocycles. The number of benzene rings is 1. The summed E-state index contributed by atoms with van der Waals surface area (Å²) in [6.45, 7) is 1.78. The van der Waals surface area contributed by atoms with Gasteiger partial charge in [-0.2, -0.15) is 0 Å². The summed E-state index contributed by atoms with van der Waals surface area (Å²) in [5.41, 5.74) is 1.56. The number of amides is 1. The number of aromatic nitrogens is 3. The smallest absolute Gasteiger partial charge is 0.237 e. The minimum absolute atomic E-state index is 0.196. The second-order valence-electron chi connectivity index (χ2n) is 4.90. The molecule has 0 radical (unpaired) electrons. The Labute approximate surface area is 152 Å². The van der Waals surface area contributed by atoms with E-state index in [0.717, 1.165) is 11.4 Å². The van der Waals surface area contributed by atoms with E-state index in [9.17, 15) is 4.79 Å². The van der Waals surface area contributed by atoms with Gasteiger partial charge in [0.05, 0.1) is 18.6 Å². The molecule has 0 aliphatic carbocycles. The molecule has 25 heavy (non-hydrogen) atoms. The molecule has 3 aromatic rings. The largest absolute Gasteiger partial charge is 0.497 e. The standard InChI is InChI=1S/C15H15N5O3S2/c1-9-6-13(23-20-9)17-12(21)8-24-15-19-18-14(25-15)16-10-4-3-5-11(7-10)22-2/h3-7H,8H2,1-2H3,(H,16,18)(H,17,21). The van der Waals surface area contributed by atoms with Crippen molar-refractivity contribution in [2.45, 2.75) is 11.3 Å². The summed E-state index contributed by atoms with van der Waals surface area (Å²) in [7, 11) is 1.62. The third-order valence-corrected chi connectivity index (χ3v) is 4.92. The van der Waals surface area contributed by atoms with E-state index in [4.69, 9.17) is 9.26 Å². The van der Waals surface area contributed by atoms with Crippen LogP contribution in [0.15, 0.2) is 39.2 Å². The van der Waals surface area contributed by atoms with Crippen molar-refractivity contribution in [3.05, 3.63) is 36.0 Å². The molecule has 8 nitrogen and oxygen atoms in total. The van der Waals surface area contributed by atoms with E-state index < -0.39 is 0 Å². The van der Waals surface area contributed by atoms with Gasteiger partial charge in [0.15, 0.2) is 4.34 Å². The Bertz CT molecular complexity index is 864. The van der Waals surface area contributed by atoms with Crippen LogP contribution in [-0.4, -0.2) is 34.1 Å². The van der Waals surface area contributed by atoms with Crippen LogP contribution in [0.1, 0.15) is 5.69 Å². The fourth-order valence-electron chi connectivity index (χ4n) is 1.87. The number of hydrogen-bond acceptors (Lipinski definition) is 9. The Morgan fingerprint density at radius 1 is 1.36 bits per heavy atom. The number of rotatable bonds is 7. The summed E-state index contributed by atoms with van der Waals surface area (Å²) in [6, 6.07) is 9.17. The zero-order valence-corrected chi connectivity index (χ0v) is 15.1. The number of thioether (sulfide) groups is 1. The van der Waals surface area contributed by atoms with Gasteiger partial charge in [0.25, 0.3) is 0 Å². The van der Waals surface area contributed by atoms with Crippen LogP contribution >= 0.6 is 23.1 Å². The van der Waals surface area contributed by atoms with Gasteiger partial charge in [-0.1, -0.05) is 34.3 Å². The number of carbonyl (C=O) groups excluding carboxylic acids is 1. The van der Waals surface area contributed by atoms with Crippen LogP contribution in [0.4, 0.5) is 16.7 Å². The lowest BCUT2D eigenvalue weighted by Gasteiger charge is -2.04. The van der Waals surface area contributed by atoms with Crippen LogP contribution in [0, 0.1) is 6.92 Å². The second kappa shape index (κ2) is 7.99. The van der Waals surface area contributed by atoms with Crippen LogP contribution in [0.5, 0.6) is 5.75 Å². The molecule has 0 aliphatic heterocycles. The zero-order valence-electron chi connectivity index (χ0n) is 13.5. The second-order valence-corrected chi connectivity index (χ2v) is 7.10. The van der Waals surface area contributed by atoms with Crippen LogP contribution in [0.25, 0.3) is 0 Å². The maximum absolute atomic E-state index is 11.9. The first-order valence-corrected chi connectivity index (χ1v) is 9.03. The third kappa shape index (κ3) is 4.94. The summed E-state index contributed by atoms with van der Waals surface area (Å²) in [5, 5.41) is 18.3. The van der Waals surface area contributed by atoms with Gasteiger partial charge in [-0.05, 0) is 19.1 Å². The molecule has 0 aliphatic rings. The number of hydrogen-bond donors (Lipinski definition) is 2. The summed E-state index contributed by atoms with van der Waals surface area (Å²) in [6.07, 6.45) is 0. The fraction of sp³-hybridized carbons (Fsp3) is 0.200. The first-order chi connectivity index (χ1) is 12.1. The highest BCUT2D eigenvalue weighted by atomic mass is 32.2. The highest BCUT2D eigenvalue weighted by molar-refractivity contribution is 8.01. The van der Waals surface area contributed by atoms with E-state index in [1.165, 1.54) is 23.1 Å². The van der Waals surface area contributed by atoms with Gasteiger partial charge in [0, 0.05) is 17.8 Å². The Balaban J connectivity index is 1.52. The van der Waals surface area contributed by atoms with Gasteiger partial charge < -0.3 is 14.6 Å². The van der Waals surface area contributed by atoms with Gasteiger partial charge in [0.2, 0.25) is 16.9 Å². The Morgan fingerprint density at radius 3 is 3.00 bits per heavy atom. The van der Waals surface area contributed by atoms with Gasteiger partial charge >= 0.3 is 0 Å². The first-order valence-electron chi connectivity index (χ1n) is 7.23. The average molecular weight is 377 g/mol. The van der Waals surface area contributed by atoms with Crippen LogP contribution in [0.2, 0.25) is 0 Å². The van der Waals surface area contributed by atoms with E-state index in [1.54, 1.807) is 20.1 Å². The maximum Gasteiger partial charge on any atom is 0.237 e. The van der Waals surface area contributed by atoms with E-state index in [-0.39, 0.29) is 11.7 Å². The molecular formula is C15H15N5O3S2. The van der Waals surface area contributed by atoms with E-state index in [0.29, 0.717) is 21.0 Å². The van der Waals surface area contributed by atoms with E-state index in [2.05, 4.69) is 26.0 Å². The first kappa shape index (κ1) is 17.2. The molecule has 10 heteroatoms. The molecular weight excluding hydrogens is 362 g/mol. The number of nitrogens with one attached hydrogen (secondary N) is 2. The molecule has 2 aromatic heterocycles. The Kier molecular flexibility index (Phi) is 5.51. The Hall–Kier alpha value is -2.59. The predicted molar refractivity (Wildman–Crippen MR) is 96.8 cm³/mol. The summed E-state index contributed by atoms with van der Waals surface area (Å²) in [4.78, 5) is 11.9. The quantitative estimate of drug-likeness (QED) is 0.605. The molecule has 0 bridgehead atoms. The molecule has 0 saturated carbocycles. The molecule has 0 spiro atoms. The summed E-state index contributed by atoms with van der Waals surface area (Å²) in [5.74, 6) is 1.09. The van der Waals surface area contributed by atoms with Gasteiger partial charge in [-0.3, -0.25) is 10.1 Å². The highest BCUT2D eigenvalue weighted by Crippen LogP contribution is 2.28. The Morgan fingerprint density at radius 2 is 2.24 bits per heavy atom. The molecule has 1 amide bonds. The number of methoxy groups -OCH3 is 1. The molecule has 0 saturated heterocycles. The van der Waals surface area contributed by atoms with Crippen molar-refractivity contribution in [1.82, 2.24) is 15.4 Å². The van der Waals surface area contributed by atoms with Crippen molar-refractivity contribution in [2.24, 2.45) is 0 Å². The van der Waals surface area contributed by atoms with Crippen molar-refractivity contribution in [1.29, 1.82) is 0 Å². The lowest BCUT2D eigenvalue weighted by molar-refractivity contribution is -0.113. The predicted octanol–water partition coefficient (Wildman–Crippen LogP) is 3.32. The zero-order chi connectivity index (χ0) is 17.6. The topological polar surface area (TPSA) is 102 Å². The van der Waals surface area contributed by atoms with E-state index >= 15 is 0 Å². The van der Waals surface area contributed by atoms with Gasteiger partial charge in [-0.25, -0.2) is 0 Å². The summed E-state index contributed by atoms with van der Waals surface area (Å²) >= 11 is 2.67. The maximum atomic E-state index is 11.9. The van der Waals surface area contributed by atoms with Crippen molar-refractivity contribution in [3.63, 3.8) is 0 Å². The monoisotopic (exact) mass is 377 g/mol. The van der Waals surface area contributed by atoms with Crippen molar-refractivity contribution < 1.29 is 14.1 Å². The van der Waals surface area contributed by atoms with Crippen molar-refractivity contribution >= 4 is 45.7 Å². The van der Waals surface area contributed by atoms with Crippen LogP contribution < -0.4 is 15.4 Å². The molecule has 3 rings (SSSR count). The molecule has 130 valence electrons. The number of carbonyl (C=O) groups is 1. The fourth-order valence-corrected chi connectivity index (χ4v) is 3.44. The SMILES string of the molecule is COc1cccc(Nc2nnc(SCC(=O)Nc3cc(C)no3)s2)c1. The number of ether oxygens (including phenoxy) is 1. The number of aryl methyl sites for hydroxylation is 1. The van der Waals surface area contributed by atoms with Crippen LogP contribution in [-0.2, 0) is 4.79 Å². The molecule has 2 heterocycles. The highest BCUT2D eigenvalue weighted by Gasteiger charge is 2.10. The average Bonchev–Trinajstić information content (AvgIpc) is 3.22. The minimum Gasteiger partial charge on any atom is -0.497 e. The molecule has 0 atom stereocenters. The lowest BCUT2D eigenvalue weighted by Crippen LogP contribution is -2.13. The molecule has 0 fully saturated rings. The van der Waals surface area contributed by atoms with Crippen molar-refractivity contribution in [2.75, 3.05) is 23.5 Å².